The third-order valence-electron chi connectivity index (χ3n) is 2.81. The van der Waals surface area contributed by atoms with Gasteiger partial charge in [0.2, 0.25) is 5.88 Å². The van der Waals surface area contributed by atoms with Gasteiger partial charge in [-0.15, -0.1) is 0 Å². The van der Waals surface area contributed by atoms with Crippen LogP contribution in [0.2, 0.25) is 0 Å². The molecule has 5 nitrogen and oxygen atoms in total. The zero-order valence-electron chi connectivity index (χ0n) is 10.8. The molecule has 2 heterocycles. The summed E-state index contributed by atoms with van der Waals surface area (Å²) in [7, 11) is 0. The Hall–Kier alpha value is -1.62. The number of amides is 1. The smallest absolute Gasteiger partial charge is 0.259 e. The second kappa shape index (κ2) is 5.82. The molecule has 0 radical (unpaired) electrons. The predicted octanol–water partition coefficient (Wildman–Crippen LogP) is 1.34. The van der Waals surface area contributed by atoms with Crippen LogP contribution in [-0.2, 0) is 4.74 Å². The standard InChI is InChI=1S/C13H18N2O3/c1-3-17-12-11(5-4-6-14-12)13(16)15-7-8-18-10(2)9-15/h4-6,10H,3,7-9H2,1-2H3/t10-/m1/s1. The Morgan fingerprint density at radius 3 is 3.22 bits per heavy atom. The summed E-state index contributed by atoms with van der Waals surface area (Å²) in [5.41, 5.74) is 0.522. The molecule has 1 aromatic heterocycles. The number of hydrogen-bond acceptors (Lipinski definition) is 4. The Balaban J connectivity index is 2.17. The number of ether oxygens (including phenoxy) is 2. The largest absolute Gasteiger partial charge is 0.477 e. The molecule has 5 heteroatoms. The quantitative estimate of drug-likeness (QED) is 0.812. The average molecular weight is 250 g/mol. The van der Waals surface area contributed by atoms with Gasteiger partial charge in [-0.1, -0.05) is 0 Å². The van der Waals surface area contributed by atoms with Crippen LogP contribution in [0.1, 0.15) is 24.2 Å². The van der Waals surface area contributed by atoms with Crippen LogP contribution >= 0.6 is 0 Å². The van der Waals surface area contributed by atoms with Crippen molar-refractivity contribution in [2.45, 2.75) is 20.0 Å². The van der Waals surface area contributed by atoms with Gasteiger partial charge in [-0.2, -0.15) is 0 Å². The number of hydrogen-bond donors (Lipinski definition) is 0. The maximum atomic E-state index is 12.4. The van der Waals surface area contributed by atoms with Gasteiger partial charge in [0.1, 0.15) is 5.56 Å². The highest BCUT2D eigenvalue weighted by molar-refractivity contribution is 5.96. The number of rotatable bonds is 3. The Bertz CT molecular complexity index is 422. The Morgan fingerprint density at radius 2 is 2.50 bits per heavy atom. The van der Waals surface area contributed by atoms with Gasteiger partial charge in [-0.05, 0) is 26.0 Å². The highest BCUT2D eigenvalue weighted by Gasteiger charge is 2.24. The summed E-state index contributed by atoms with van der Waals surface area (Å²) in [5, 5.41) is 0. The van der Waals surface area contributed by atoms with Crippen molar-refractivity contribution in [3.8, 4) is 5.88 Å². The Morgan fingerprint density at radius 1 is 1.67 bits per heavy atom. The highest BCUT2D eigenvalue weighted by atomic mass is 16.5. The van der Waals surface area contributed by atoms with Crippen molar-refractivity contribution in [1.82, 2.24) is 9.88 Å². The number of morpholine rings is 1. The van der Waals surface area contributed by atoms with Gasteiger partial charge in [0.25, 0.3) is 5.91 Å². The molecule has 1 saturated heterocycles. The summed E-state index contributed by atoms with van der Waals surface area (Å²) in [6.07, 6.45) is 1.71. The van der Waals surface area contributed by atoms with Crippen LogP contribution in [-0.4, -0.2) is 48.2 Å². The van der Waals surface area contributed by atoms with E-state index in [0.29, 0.717) is 37.7 Å². The SMILES string of the molecule is CCOc1ncccc1C(=O)N1CCO[C@H](C)C1. The van der Waals surface area contributed by atoms with Gasteiger partial charge in [0.05, 0.1) is 19.3 Å². The molecule has 1 amide bonds. The fourth-order valence-corrected chi connectivity index (χ4v) is 1.98. The molecule has 1 fully saturated rings. The van der Waals surface area contributed by atoms with E-state index in [-0.39, 0.29) is 12.0 Å². The molecule has 0 unspecified atom stereocenters. The minimum Gasteiger partial charge on any atom is -0.477 e. The van der Waals surface area contributed by atoms with Crippen LogP contribution in [0.5, 0.6) is 5.88 Å². The number of aromatic nitrogens is 1. The molecule has 18 heavy (non-hydrogen) atoms. The normalized spacial score (nSPS) is 19.7. The molecular formula is C13H18N2O3. The van der Waals surface area contributed by atoms with Gasteiger partial charge < -0.3 is 14.4 Å². The van der Waals surface area contributed by atoms with Gasteiger partial charge in [0.15, 0.2) is 0 Å². The summed E-state index contributed by atoms with van der Waals surface area (Å²) >= 11 is 0. The summed E-state index contributed by atoms with van der Waals surface area (Å²) in [4.78, 5) is 18.3. The molecule has 0 aromatic carbocycles. The zero-order chi connectivity index (χ0) is 13.0. The fraction of sp³-hybridized carbons (Fsp3) is 0.538. The maximum absolute atomic E-state index is 12.4. The van der Waals surface area contributed by atoms with Crippen molar-refractivity contribution < 1.29 is 14.3 Å². The first-order valence-corrected chi connectivity index (χ1v) is 6.21. The van der Waals surface area contributed by atoms with Crippen molar-refractivity contribution >= 4 is 5.91 Å². The Kier molecular flexibility index (Phi) is 4.15. The van der Waals surface area contributed by atoms with Crippen LogP contribution in [0, 0.1) is 0 Å². The monoisotopic (exact) mass is 250 g/mol. The molecule has 0 spiro atoms. The van der Waals surface area contributed by atoms with E-state index >= 15 is 0 Å². The molecule has 0 saturated carbocycles. The first kappa shape index (κ1) is 12.8. The average Bonchev–Trinajstić information content (AvgIpc) is 2.39. The molecule has 1 aromatic rings. The predicted molar refractivity (Wildman–Crippen MR) is 66.7 cm³/mol. The van der Waals surface area contributed by atoms with E-state index in [1.807, 2.05) is 13.8 Å². The van der Waals surface area contributed by atoms with Crippen LogP contribution in [0.4, 0.5) is 0 Å². The molecule has 0 aliphatic carbocycles. The molecule has 0 N–H and O–H groups in total. The van der Waals surface area contributed by atoms with Crippen molar-refractivity contribution in [2.24, 2.45) is 0 Å². The lowest BCUT2D eigenvalue weighted by molar-refractivity contribution is -0.0125. The van der Waals surface area contributed by atoms with E-state index in [9.17, 15) is 4.79 Å². The van der Waals surface area contributed by atoms with Gasteiger partial charge >= 0.3 is 0 Å². The number of nitrogens with zero attached hydrogens (tertiary/aromatic N) is 2. The maximum Gasteiger partial charge on any atom is 0.259 e. The van der Waals surface area contributed by atoms with Gasteiger partial charge in [0, 0.05) is 19.3 Å². The molecule has 1 aliphatic heterocycles. The second-order valence-corrected chi connectivity index (χ2v) is 4.22. The number of carbonyl (C=O) groups is 1. The van der Waals surface area contributed by atoms with Crippen molar-refractivity contribution in [1.29, 1.82) is 0 Å². The number of pyridine rings is 1. The van der Waals surface area contributed by atoms with Gasteiger partial charge in [-0.3, -0.25) is 4.79 Å². The molecular weight excluding hydrogens is 232 g/mol. The number of carbonyl (C=O) groups excluding carboxylic acids is 1. The molecule has 1 aliphatic rings. The molecule has 0 bridgehead atoms. The summed E-state index contributed by atoms with van der Waals surface area (Å²) in [5.74, 6) is 0.367. The van der Waals surface area contributed by atoms with E-state index in [4.69, 9.17) is 9.47 Å². The molecule has 98 valence electrons. The minimum absolute atomic E-state index is 0.0401. The lowest BCUT2D eigenvalue weighted by Gasteiger charge is -2.31. The van der Waals surface area contributed by atoms with E-state index in [0.717, 1.165) is 0 Å². The van der Waals surface area contributed by atoms with Crippen molar-refractivity contribution in [2.75, 3.05) is 26.3 Å². The molecule has 1 atom stereocenters. The minimum atomic E-state index is -0.0401. The fourth-order valence-electron chi connectivity index (χ4n) is 1.98. The van der Waals surface area contributed by atoms with E-state index in [1.165, 1.54) is 0 Å². The third kappa shape index (κ3) is 2.79. The zero-order valence-corrected chi connectivity index (χ0v) is 10.8. The van der Waals surface area contributed by atoms with E-state index < -0.39 is 0 Å². The first-order valence-electron chi connectivity index (χ1n) is 6.21. The third-order valence-corrected chi connectivity index (χ3v) is 2.81. The summed E-state index contributed by atoms with van der Waals surface area (Å²) < 4.78 is 10.8. The van der Waals surface area contributed by atoms with Crippen LogP contribution in [0.15, 0.2) is 18.3 Å². The lowest BCUT2D eigenvalue weighted by atomic mass is 10.2. The van der Waals surface area contributed by atoms with Crippen molar-refractivity contribution in [3.05, 3.63) is 23.9 Å². The Labute approximate surface area is 107 Å². The first-order chi connectivity index (χ1) is 8.72. The van der Waals surface area contributed by atoms with Crippen LogP contribution in [0.25, 0.3) is 0 Å². The van der Waals surface area contributed by atoms with Gasteiger partial charge in [-0.25, -0.2) is 4.98 Å². The highest BCUT2D eigenvalue weighted by Crippen LogP contribution is 2.18. The molecule has 2 rings (SSSR count). The summed E-state index contributed by atoms with van der Waals surface area (Å²) in [6, 6.07) is 3.50. The van der Waals surface area contributed by atoms with Crippen LogP contribution < -0.4 is 4.74 Å². The lowest BCUT2D eigenvalue weighted by Crippen LogP contribution is -2.44. The van der Waals surface area contributed by atoms with E-state index in [2.05, 4.69) is 4.98 Å². The summed E-state index contributed by atoms with van der Waals surface area (Å²) in [6.45, 7) is 6.14. The van der Waals surface area contributed by atoms with E-state index in [1.54, 1.807) is 23.2 Å². The van der Waals surface area contributed by atoms with Crippen LogP contribution in [0.3, 0.4) is 0 Å². The topological polar surface area (TPSA) is 51.7 Å². The van der Waals surface area contributed by atoms with Crippen molar-refractivity contribution in [3.63, 3.8) is 0 Å². The second-order valence-electron chi connectivity index (χ2n) is 4.22.